The molecule has 0 aliphatic carbocycles. The summed E-state index contributed by atoms with van der Waals surface area (Å²) in [5.74, 6) is 7.22. The van der Waals surface area contributed by atoms with Crippen LogP contribution in [0.25, 0.3) is 10.4 Å². The van der Waals surface area contributed by atoms with E-state index in [1.807, 2.05) is 36.5 Å². The van der Waals surface area contributed by atoms with Gasteiger partial charge >= 0.3 is 0 Å². The van der Waals surface area contributed by atoms with Gasteiger partial charge < -0.3 is 20.5 Å². The van der Waals surface area contributed by atoms with Crippen LogP contribution in [0.5, 0.6) is 5.75 Å². The number of thiazole rings is 1. The van der Waals surface area contributed by atoms with E-state index in [0.29, 0.717) is 24.1 Å². The number of benzene rings is 1. The predicted octanol–water partition coefficient (Wildman–Crippen LogP) is 3.91. The molecule has 0 saturated carbocycles. The van der Waals surface area contributed by atoms with Crippen molar-refractivity contribution >= 4 is 17.2 Å². The van der Waals surface area contributed by atoms with E-state index in [-0.39, 0.29) is 0 Å². The molecule has 0 bridgehead atoms. The summed E-state index contributed by atoms with van der Waals surface area (Å²) in [6.45, 7) is 5.84. The molecular formula is C25H28N4O2S. The molecule has 3 N–H and O–H groups in total. The Bertz CT molecular complexity index is 1160. The Labute approximate surface area is 193 Å². The summed E-state index contributed by atoms with van der Waals surface area (Å²) in [5.41, 5.74) is 7.78. The van der Waals surface area contributed by atoms with E-state index in [4.69, 9.17) is 10.5 Å². The van der Waals surface area contributed by atoms with Crippen LogP contribution in [0.4, 0.5) is 5.82 Å². The van der Waals surface area contributed by atoms with Gasteiger partial charge in [-0.3, -0.25) is 0 Å². The SMILES string of the molecule is CN1CCC(c2ncc(-c3cnc(N)c(OCc4cccc(C#CC(C)(C)O)c4)c3)s2)C1. The number of aliphatic hydroxyl groups is 1. The fourth-order valence-corrected chi connectivity index (χ4v) is 4.60. The summed E-state index contributed by atoms with van der Waals surface area (Å²) in [6.07, 6.45) is 4.84. The first-order valence-electron chi connectivity index (χ1n) is 10.6. The molecule has 1 atom stereocenters. The molecule has 4 rings (SSSR count). The van der Waals surface area contributed by atoms with Crippen molar-refractivity contribution in [3.05, 3.63) is 58.9 Å². The van der Waals surface area contributed by atoms with E-state index in [2.05, 4.69) is 33.8 Å². The van der Waals surface area contributed by atoms with Gasteiger partial charge in [0.05, 0.1) is 9.88 Å². The predicted molar refractivity (Wildman–Crippen MR) is 129 cm³/mol. The number of anilines is 1. The van der Waals surface area contributed by atoms with E-state index in [1.54, 1.807) is 31.4 Å². The zero-order chi connectivity index (χ0) is 22.7. The molecule has 1 fully saturated rings. The van der Waals surface area contributed by atoms with Crippen molar-refractivity contribution < 1.29 is 9.84 Å². The number of likely N-dealkylation sites (tertiary alicyclic amines) is 1. The van der Waals surface area contributed by atoms with Crippen LogP contribution in [0.2, 0.25) is 0 Å². The average Bonchev–Trinajstić information content (AvgIpc) is 3.41. The van der Waals surface area contributed by atoms with Crippen LogP contribution >= 0.6 is 11.3 Å². The summed E-state index contributed by atoms with van der Waals surface area (Å²) >= 11 is 1.71. The number of hydrogen-bond acceptors (Lipinski definition) is 7. The second-order valence-electron chi connectivity index (χ2n) is 8.72. The Morgan fingerprint density at radius 3 is 2.88 bits per heavy atom. The first-order valence-corrected chi connectivity index (χ1v) is 11.5. The minimum Gasteiger partial charge on any atom is -0.485 e. The summed E-state index contributed by atoms with van der Waals surface area (Å²) in [4.78, 5) is 12.4. The van der Waals surface area contributed by atoms with Gasteiger partial charge in [0, 0.05) is 36.0 Å². The second kappa shape index (κ2) is 9.29. The lowest BCUT2D eigenvalue weighted by Gasteiger charge is -2.10. The van der Waals surface area contributed by atoms with E-state index >= 15 is 0 Å². The van der Waals surface area contributed by atoms with Crippen LogP contribution in [0, 0.1) is 11.8 Å². The molecule has 0 spiro atoms. The monoisotopic (exact) mass is 448 g/mol. The van der Waals surface area contributed by atoms with Crippen LogP contribution in [0.1, 0.15) is 42.3 Å². The maximum atomic E-state index is 9.80. The molecule has 3 aromatic rings. The molecule has 1 aliphatic rings. The summed E-state index contributed by atoms with van der Waals surface area (Å²) in [5, 5.41) is 11.0. The molecule has 7 heteroatoms. The molecule has 1 aromatic carbocycles. The molecule has 32 heavy (non-hydrogen) atoms. The van der Waals surface area contributed by atoms with Crippen molar-refractivity contribution in [2.75, 3.05) is 25.9 Å². The largest absolute Gasteiger partial charge is 0.485 e. The van der Waals surface area contributed by atoms with Crippen LogP contribution in [-0.4, -0.2) is 45.7 Å². The number of likely N-dealkylation sites (N-methyl/N-ethyl adjacent to an activating group) is 1. The Balaban J connectivity index is 1.47. The summed E-state index contributed by atoms with van der Waals surface area (Å²) in [7, 11) is 2.15. The lowest BCUT2D eigenvalue weighted by molar-refractivity contribution is 0.143. The maximum absolute atomic E-state index is 9.80. The Morgan fingerprint density at radius 2 is 2.12 bits per heavy atom. The van der Waals surface area contributed by atoms with E-state index in [9.17, 15) is 5.11 Å². The van der Waals surface area contributed by atoms with Crippen LogP contribution in [0.15, 0.2) is 42.7 Å². The molecule has 2 aromatic heterocycles. The van der Waals surface area contributed by atoms with Crippen molar-refractivity contribution in [3.8, 4) is 28.0 Å². The highest BCUT2D eigenvalue weighted by molar-refractivity contribution is 7.15. The molecule has 1 unspecified atom stereocenters. The van der Waals surface area contributed by atoms with Crippen molar-refractivity contribution in [3.63, 3.8) is 0 Å². The van der Waals surface area contributed by atoms with Crippen molar-refractivity contribution in [1.82, 2.24) is 14.9 Å². The molecular weight excluding hydrogens is 420 g/mol. The van der Waals surface area contributed by atoms with Crippen LogP contribution < -0.4 is 10.5 Å². The third-order valence-corrected chi connectivity index (χ3v) is 6.47. The highest BCUT2D eigenvalue weighted by Gasteiger charge is 2.24. The lowest BCUT2D eigenvalue weighted by Crippen LogP contribution is -2.14. The standard InChI is InChI=1S/C25H28N4O2S/c1-25(2,30)9-7-17-5-4-6-18(11-17)16-31-21-12-20(13-27-23(21)26)22-14-28-24(32-22)19-8-10-29(3)15-19/h4-6,11-14,19,30H,8,10,15-16H2,1-3H3,(H2,26,27). The number of nitrogens with zero attached hydrogens (tertiary/aromatic N) is 3. The average molecular weight is 449 g/mol. The van der Waals surface area contributed by atoms with E-state index in [0.717, 1.165) is 41.1 Å². The normalized spacial score (nSPS) is 16.6. The number of hydrogen-bond donors (Lipinski definition) is 2. The third-order valence-electron chi connectivity index (χ3n) is 5.26. The Morgan fingerprint density at radius 1 is 1.28 bits per heavy atom. The number of rotatable bonds is 5. The second-order valence-corrected chi connectivity index (χ2v) is 9.78. The van der Waals surface area contributed by atoms with Crippen LogP contribution in [-0.2, 0) is 6.61 Å². The first kappa shape index (κ1) is 22.3. The fraction of sp³-hybridized carbons (Fsp3) is 0.360. The lowest BCUT2D eigenvalue weighted by atomic mass is 10.1. The summed E-state index contributed by atoms with van der Waals surface area (Å²) < 4.78 is 6.00. The van der Waals surface area contributed by atoms with E-state index < -0.39 is 5.60 Å². The molecule has 1 saturated heterocycles. The number of pyridine rings is 1. The molecule has 166 valence electrons. The van der Waals surface area contributed by atoms with Gasteiger partial charge in [0.25, 0.3) is 0 Å². The van der Waals surface area contributed by atoms with Gasteiger partial charge in [-0.25, -0.2) is 9.97 Å². The molecule has 6 nitrogen and oxygen atoms in total. The molecule has 1 aliphatic heterocycles. The van der Waals surface area contributed by atoms with E-state index in [1.165, 1.54) is 5.01 Å². The van der Waals surface area contributed by atoms with Gasteiger partial charge in [-0.1, -0.05) is 24.0 Å². The van der Waals surface area contributed by atoms with Crippen molar-refractivity contribution in [2.24, 2.45) is 0 Å². The maximum Gasteiger partial charge on any atom is 0.166 e. The van der Waals surface area contributed by atoms with Crippen LogP contribution in [0.3, 0.4) is 0 Å². The highest BCUT2D eigenvalue weighted by atomic mass is 32.1. The first-order chi connectivity index (χ1) is 15.3. The highest BCUT2D eigenvalue weighted by Crippen LogP contribution is 2.35. The quantitative estimate of drug-likeness (QED) is 0.576. The topological polar surface area (TPSA) is 84.5 Å². The van der Waals surface area contributed by atoms with Gasteiger partial charge in [-0.05, 0) is 57.6 Å². The Hall–Kier alpha value is -2.92. The molecule has 0 radical (unpaired) electrons. The van der Waals surface area contributed by atoms with Gasteiger partial charge in [0.1, 0.15) is 12.2 Å². The molecule has 3 heterocycles. The smallest absolute Gasteiger partial charge is 0.166 e. The fourth-order valence-electron chi connectivity index (χ4n) is 3.58. The van der Waals surface area contributed by atoms with Gasteiger partial charge in [-0.2, -0.15) is 0 Å². The van der Waals surface area contributed by atoms with Crippen molar-refractivity contribution in [1.29, 1.82) is 0 Å². The zero-order valence-corrected chi connectivity index (χ0v) is 19.4. The van der Waals surface area contributed by atoms with Gasteiger partial charge in [0.15, 0.2) is 11.6 Å². The van der Waals surface area contributed by atoms with Crippen molar-refractivity contribution in [2.45, 2.75) is 38.4 Å². The van der Waals surface area contributed by atoms with Gasteiger partial charge in [-0.15, -0.1) is 11.3 Å². The number of nitrogens with two attached hydrogens (primary N) is 1. The molecule has 0 amide bonds. The number of ether oxygens (including phenoxy) is 1. The zero-order valence-electron chi connectivity index (χ0n) is 18.6. The minimum atomic E-state index is -1.03. The summed E-state index contributed by atoms with van der Waals surface area (Å²) in [6, 6.07) is 9.67. The third kappa shape index (κ3) is 5.65. The van der Waals surface area contributed by atoms with Gasteiger partial charge in [0.2, 0.25) is 0 Å². The minimum absolute atomic E-state index is 0.343. The number of nitrogen functional groups attached to an aromatic ring is 1. The number of aromatic nitrogens is 2. The Kier molecular flexibility index (Phi) is 6.47.